The second-order valence-corrected chi connectivity index (χ2v) is 5.81. The summed E-state index contributed by atoms with van der Waals surface area (Å²) in [6, 6.07) is 11.6. The van der Waals surface area contributed by atoms with Gasteiger partial charge in [0.25, 0.3) is 11.8 Å². The number of amides is 2. The summed E-state index contributed by atoms with van der Waals surface area (Å²) in [5, 5.41) is 18.7. The molecule has 0 aromatic heterocycles. The minimum atomic E-state index is -0.770. The third-order valence-corrected chi connectivity index (χ3v) is 4.13. The Labute approximate surface area is 145 Å². The number of hydrogen-bond donors (Lipinski definition) is 2. The van der Waals surface area contributed by atoms with Gasteiger partial charge in [-0.1, -0.05) is 25.1 Å². The van der Waals surface area contributed by atoms with E-state index in [0.717, 1.165) is 4.90 Å². The maximum absolute atomic E-state index is 12.6. The third-order valence-electron chi connectivity index (χ3n) is 4.13. The molecule has 130 valence electrons. The summed E-state index contributed by atoms with van der Waals surface area (Å²) in [6.45, 7) is 1.42. The van der Waals surface area contributed by atoms with Gasteiger partial charge in [-0.05, 0) is 35.4 Å². The molecule has 0 saturated carbocycles. The first kappa shape index (κ1) is 17.1. The van der Waals surface area contributed by atoms with Crippen LogP contribution in [0.4, 0.5) is 0 Å². The molecule has 1 aliphatic rings. The molecule has 1 heterocycles. The number of carbonyl (C=O) groups is 2. The van der Waals surface area contributed by atoms with E-state index in [1.165, 1.54) is 0 Å². The average molecular weight is 341 g/mol. The van der Waals surface area contributed by atoms with Gasteiger partial charge >= 0.3 is 0 Å². The maximum atomic E-state index is 12.6. The molecule has 25 heavy (non-hydrogen) atoms. The van der Waals surface area contributed by atoms with Crippen LogP contribution in [-0.4, -0.2) is 33.2 Å². The summed E-state index contributed by atoms with van der Waals surface area (Å²) >= 11 is 0. The molecule has 1 aliphatic heterocycles. The Morgan fingerprint density at radius 1 is 0.960 bits per heavy atom. The molecule has 0 radical (unpaired) electrons. The normalized spacial score (nSPS) is 14.6. The molecule has 0 spiro atoms. The average Bonchev–Trinajstić information content (AvgIpc) is 2.90. The van der Waals surface area contributed by atoms with Crippen molar-refractivity contribution in [3.63, 3.8) is 0 Å². The van der Waals surface area contributed by atoms with Crippen LogP contribution in [-0.2, 0) is 13.2 Å². The Hall–Kier alpha value is -2.70. The van der Waals surface area contributed by atoms with Crippen molar-refractivity contribution < 1.29 is 24.5 Å². The summed E-state index contributed by atoms with van der Waals surface area (Å²) < 4.78 is 5.87. The summed E-state index contributed by atoms with van der Waals surface area (Å²) in [6.07, 6.45) is -0.364. The zero-order chi connectivity index (χ0) is 18.0. The van der Waals surface area contributed by atoms with Crippen molar-refractivity contribution in [1.29, 1.82) is 0 Å². The second kappa shape index (κ2) is 7.04. The lowest BCUT2D eigenvalue weighted by molar-refractivity contribution is 0.0224. The van der Waals surface area contributed by atoms with Crippen LogP contribution >= 0.6 is 0 Å². The van der Waals surface area contributed by atoms with Crippen LogP contribution in [0.3, 0.4) is 0 Å². The summed E-state index contributed by atoms with van der Waals surface area (Å²) in [4.78, 5) is 26.3. The fourth-order valence-electron chi connectivity index (χ4n) is 2.92. The molecule has 3 rings (SSSR count). The van der Waals surface area contributed by atoms with E-state index in [4.69, 9.17) is 4.74 Å². The van der Waals surface area contributed by atoms with Crippen LogP contribution < -0.4 is 4.74 Å². The monoisotopic (exact) mass is 341 g/mol. The molecule has 6 nitrogen and oxygen atoms in total. The summed E-state index contributed by atoms with van der Waals surface area (Å²) in [5.41, 5.74) is 1.90. The van der Waals surface area contributed by atoms with E-state index in [-0.39, 0.29) is 25.0 Å². The van der Waals surface area contributed by atoms with Crippen molar-refractivity contribution >= 4 is 11.8 Å². The zero-order valence-electron chi connectivity index (χ0n) is 13.8. The zero-order valence-corrected chi connectivity index (χ0v) is 13.8. The molecule has 0 saturated heterocycles. The Morgan fingerprint density at radius 3 is 1.92 bits per heavy atom. The minimum absolute atomic E-state index is 0.200. The van der Waals surface area contributed by atoms with Gasteiger partial charge in [0.1, 0.15) is 5.75 Å². The first-order valence-corrected chi connectivity index (χ1v) is 8.07. The van der Waals surface area contributed by atoms with Gasteiger partial charge in [0.05, 0.1) is 24.3 Å². The van der Waals surface area contributed by atoms with Crippen LogP contribution in [0.25, 0.3) is 0 Å². The Balaban J connectivity index is 1.89. The number of ether oxygens (including phenoxy) is 1. The highest BCUT2D eigenvalue weighted by molar-refractivity contribution is 6.21. The number of rotatable bonds is 6. The summed E-state index contributed by atoms with van der Waals surface area (Å²) in [7, 11) is 0. The van der Waals surface area contributed by atoms with Gasteiger partial charge in [0, 0.05) is 6.42 Å². The third kappa shape index (κ3) is 3.14. The SMILES string of the molecule is CCC(Oc1cc(CO)cc(CO)c1)N1C(=O)c2ccccc2C1=O. The largest absolute Gasteiger partial charge is 0.470 e. The standard InChI is InChI=1S/C19H19NO5/c1-2-17(25-14-8-12(10-21)7-13(9-14)11-22)20-18(23)15-5-3-4-6-16(15)19(20)24/h3-9,17,21-22H,2,10-11H2,1H3. The molecule has 2 amide bonds. The fraction of sp³-hybridized carbons (Fsp3) is 0.263. The van der Waals surface area contributed by atoms with E-state index >= 15 is 0 Å². The highest BCUT2D eigenvalue weighted by Gasteiger charge is 2.40. The van der Waals surface area contributed by atoms with Crippen molar-refractivity contribution in [2.45, 2.75) is 32.8 Å². The Morgan fingerprint density at radius 2 is 1.48 bits per heavy atom. The van der Waals surface area contributed by atoms with Crippen molar-refractivity contribution in [1.82, 2.24) is 4.90 Å². The number of hydrogen-bond acceptors (Lipinski definition) is 5. The van der Waals surface area contributed by atoms with Gasteiger partial charge in [-0.3, -0.25) is 9.59 Å². The van der Waals surface area contributed by atoms with Gasteiger partial charge < -0.3 is 14.9 Å². The van der Waals surface area contributed by atoms with Crippen LogP contribution in [0.2, 0.25) is 0 Å². The van der Waals surface area contributed by atoms with Gasteiger partial charge in [-0.15, -0.1) is 0 Å². The first-order chi connectivity index (χ1) is 12.1. The number of benzene rings is 2. The topological polar surface area (TPSA) is 87.1 Å². The second-order valence-electron chi connectivity index (χ2n) is 5.81. The van der Waals surface area contributed by atoms with E-state index in [2.05, 4.69) is 0 Å². The summed E-state index contributed by atoms with van der Waals surface area (Å²) in [5.74, 6) is -0.375. The molecular formula is C19H19NO5. The molecule has 0 bridgehead atoms. The van der Waals surface area contributed by atoms with Crippen molar-refractivity contribution in [3.05, 3.63) is 64.7 Å². The van der Waals surface area contributed by atoms with Gasteiger partial charge in [-0.25, -0.2) is 4.90 Å². The molecule has 0 fully saturated rings. The van der Waals surface area contributed by atoms with E-state index < -0.39 is 6.23 Å². The predicted octanol–water partition coefficient (Wildman–Crippen LogP) is 2.08. The van der Waals surface area contributed by atoms with E-state index in [1.807, 2.05) is 6.92 Å². The number of aliphatic hydroxyl groups is 2. The fourth-order valence-corrected chi connectivity index (χ4v) is 2.92. The number of fused-ring (bicyclic) bond motifs is 1. The molecule has 1 atom stereocenters. The maximum Gasteiger partial charge on any atom is 0.264 e. The number of imide groups is 1. The van der Waals surface area contributed by atoms with Gasteiger partial charge in [0.2, 0.25) is 0 Å². The molecule has 2 aromatic rings. The quantitative estimate of drug-likeness (QED) is 0.786. The number of aliphatic hydroxyl groups excluding tert-OH is 2. The van der Waals surface area contributed by atoms with Gasteiger partial charge in [-0.2, -0.15) is 0 Å². The Bertz CT molecular complexity index is 760. The Kier molecular flexibility index (Phi) is 4.83. The molecule has 6 heteroatoms. The lowest BCUT2D eigenvalue weighted by Gasteiger charge is -2.26. The van der Waals surface area contributed by atoms with Crippen LogP contribution in [0.15, 0.2) is 42.5 Å². The van der Waals surface area contributed by atoms with E-state index in [9.17, 15) is 19.8 Å². The number of carbonyl (C=O) groups excluding carboxylic acids is 2. The molecule has 2 N–H and O–H groups in total. The van der Waals surface area contributed by atoms with Crippen LogP contribution in [0, 0.1) is 0 Å². The lowest BCUT2D eigenvalue weighted by Crippen LogP contribution is -2.43. The van der Waals surface area contributed by atoms with Gasteiger partial charge in [0.15, 0.2) is 6.23 Å². The number of nitrogens with zero attached hydrogens (tertiary/aromatic N) is 1. The predicted molar refractivity (Wildman–Crippen MR) is 89.9 cm³/mol. The highest BCUT2D eigenvalue weighted by atomic mass is 16.5. The lowest BCUT2D eigenvalue weighted by atomic mass is 10.1. The minimum Gasteiger partial charge on any atom is -0.470 e. The molecule has 1 unspecified atom stereocenters. The van der Waals surface area contributed by atoms with Crippen LogP contribution in [0.1, 0.15) is 45.2 Å². The van der Waals surface area contributed by atoms with E-state index in [1.54, 1.807) is 42.5 Å². The van der Waals surface area contributed by atoms with Crippen LogP contribution in [0.5, 0.6) is 5.75 Å². The van der Waals surface area contributed by atoms with Crippen molar-refractivity contribution in [2.24, 2.45) is 0 Å². The van der Waals surface area contributed by atoms with Crippen molar-refractivity contribution in [3.8, 4) is 5.75 Å². The first-order valence-electron chi connectivity index (χ1n) is 8.07. The highest BCUT2D eigenvalue weighted by Crippen LogP contribution is 2.28. The molecular weight excluding hydrogens is 322 g/mol. The molecule has 0 aliphatic carbocycles. The van der Waals surface area contributed by atoms with E-state index in [0.29, 0.717) is 34.4 Å². The smallest absolute Gasteiger partial charge is 0.264 e. The van der Waals surface area contributed by atoms with Crippen molar-refractivity contribution in [2.75, 3.05) is 0 Å². The molecule has 2 aromatic carbocycles.